The number of para-hydroxylation sites is 2. The molecule has 1 aromatic heterocycles. The summed E-state index contributed by atoms with van der Waals surface area (Å²) in [5, 5.41) is 5.66. The molecular weight excluding hydrogens is 561 g/mol. The third-order valence-electron chi connectivity index (χ3n) is 6.18. The van der Waals surface area contributed by atoms with Crippen LogP contribution < -0.4 is 24.8 Å². The molecule has 0 aliphatic rings. The van der Waals surface area contributed by atoms with E-state index in [9.17, 15) is 17.6 Å². The molecule has 0 spiro atoms. The Morgan fingerprint density at radius 2 is 1.45 bits per heavy atom. The van der Waals surface area contributed by atoms with Crippen molar-refractivity contribution in [3.8, 4) is 11.5 Å². The van der Waals surface area contributed by atoms with Crippen LogP contribution in [0.4, 0.5) is 27.4 Å². The molecular formula is C30H26FN5O5S. The van der Waals surface area contributed by atoms with Crippen LogP contribution in [0.5, 0.6) is 11.5 Å². The third-order valence-corrected chi connectivity index (χ3v) is 7.52. The van der Waals surface area contributed by atoms with E-state index < -0.39 is 21.7 Å². The van der Waals surface area contributed by atoms with Gasteiger partial charge < -0.3 is 20.1 Å². The molecule has 0 fully saturated rings. The van der Waals surface area contributed by atoms with Crippen LogP contribution in [0.1, 0.15) is 15.9 Å². The number of aryl methyl sites for hydroxylation is 1. The maximum atomic E-state index is 14.2. The minimum Gasteiger partial charge on any atom is -0.497 e. The van der Waals surface area contributed by atoms with Crippen molar-refractivity contribution >= 4 is 50.0 Å². The molecule has 0 saturated heterocycles. The lowest BCUT2D eigenvalue weighted by Crippen LogP contribution is -2.17. The number of rotatable bonds is 9. The molecule has 1 heterocycles. The Morgan fingerprint density at radius 3 is 2.12 bits per heavy atom. The lowest BCUT2D eigenvalue weighted by atomic mass is 10.1. The molecule has 0 saturated carbocycles. The van der Waals surface area contributed by atoms with Gasteiger partial charge in [0.1, 0.15) is 17.3 Å². The number of nitrogens with one attached hydrogen (secondary N) is 3. The summed E-state index contributed by atoms with van der Waals surface area (Å²) in [6.45, 7) is 1.73. The fourth-order valence-electron chi connectivity index (χ4n) is 4.11. The fraction of sp³-hybridized carbons (Fsp3) is 0.100. The predicted octanol–water partition coefficient (Wildman–Crippen LogP) is 5.89. The van der Waals surface area contributed by atoms with Gasteiger partial charge in [-0.3, -0.25) is 9.52 Å². The third kappa shape index (κ3) is 6.23. The van der Waals surface area contributed by atoms with Crippen LogP contribution in [0.25, 0.3) is 11.0 Å². The van der Waals surface area contributed by atoms with E-state index in [1.165, 1.54) is 50.6 Å². The Morgan fingerprint density at radius 1 is 0.786 bits per heavy atom. The Labute approximate surface area is 241 Å². The first-order valence-electron chi connectivity index (χ1n) is 12.6. The van der Waals surface area contributed by atoms with Gasteiger partial charge in [0.05, 0.1) is 35.7 Å². The average Bonchev–Trinajstić information content (AvgIpc) is 2.98. The average molecular weight is 588 g/mol. The summed E-state index contributed by atoms with van der Waals surface area (Å²) in [5.74, 6) is -0.306. The monoisotopic (exact) mass is 587 g/mol. The van der Waals surface area contributed by atoms with Gasteiger partial charge in [0, 0.05) is 29.6 Å². The van der Waals surface area contributed by atoms with Crippen LogP contribution in [-0.2, 0) is 10.0 Å². The normalized spacial score (nSPS) is 11.1. The molecule has 5 rings (SSSR count). The molecule has 10 nitrogen and oxygen atoms in total. The quantitative estimate of drug-likeness (QED) is 0.195. The van der Waals surface area contributed by atoms with Gasteiger partial charge in [0.25, 0.3) is 15.9 Å². The number of carbonyl (C=O) groups excluding carboxylic acids is 1. The Kier molecular flexibility index (Phi) is 7.89. The second-order valence-electron chi connectivity index (χ2n) is 9.21. The van der Waals surface area contributed by atoms with Gasteiger partial charge in [-0.15, -0.1) is 0 Å². The van der Waals surface area contributed by atoms with Crippen LogP contribution in [0.3, 0.4) is 0 Å². The second kappa shape index (κ2) is 11.7. The van der Waals surface area contributed by atoms with Crippen molar-refractivity contribution in [1.82, 2.24) is 9.97 Å². The summed E-state index contributed by atoms with van der Waals surface area (Å²) in [7, 11) is -1.20. The number of benzene rings is 4. The van der Waals surface area contributed by atoms with E-state index >= 15 is 0 Å². The zero-order valence-electron chi connectivity index (χ0n) is 22.8. The van der Waals surface area contributed by atoms with Crippen molar-refractivity contribution in [3.05, 3.63) is 102 Å². The summed E-state index contributed by atoms with van der Waals surface area (Å²) in [4.78, 5) is 21.7. The smallest absolute Gasteiger partial charge is 0.263 e. The van der Waals surface area contributed by atoms with Crippen molar-refractivity contribution in [2.45, 2.75) is 11.8 Å². The van der Waals surface area contributed by atoms with E-state index in [-0.39, 0.29) is 27.8 Å². The van der Waals surface area contributed by atoms with Crippen LogP contribution in [-0.4, -0.2) is 38.5 Å². The van der Waals surface area contributed by atoms with Gasteiger partial charge in [-0.25, -0.2) is 22.8 Å². The standard InChI is InChI=1S/C30H26FN5O5S/c1-18-11-12-25(31)24(13-18)30(37)33-19-7-6-8-23(16-19)42(38,39)36-29-28(34-26-9-4-5-10-27(26)35-29)32-20-14-21(40-2)17-22(15-20)41-3/h4-17H,1-3H3,(H,32,34)(H,33,37)(H,35,36). The largest absolute Gasteiger partial charge is 0.497 e. The minimum absolute atomic E-state index is 0.0632. The summed E-state index contributed by atoms with van der Waals surface area (Å²) >= 11 is 0. The number of halogens is 1. The van der Waals surface area contributed by atoms with Crippen LogP contribution >= 0.6 is 0 Å². The van der Waals surface area contributed by atoms with Gasteiger partial charge in [0.15, 0.2) is 11.6 Å². The SMILES string of the molecule is COc1cc(Nc2nc3ccccc3nc2NS(=O)(=O)c2cccc(NC(=O)c3cc(C)ccc3F)c2)cc(OC)c1. The topological polar surface area (TPSA) is 132 Å². The Balaban J connectivity index is 1.47. The number of hydrogen-bond acceptors (Lipinski definition) is 8. The molecule has 0 unspecified atom stereocenters. The molecule has 42 heavy (non-hydrogen) atoms. The lowest BCUT2D eigenvalue weighted by Gasteiger charge is -2.15. The van der Waals surface area contributed by atoms with E-state index in [0.717, 1.165) is 0 Å². The number of aromatic nitrogens is 2. The molecule has 0 aliphatic carbocycles. The number of anilines is 4. The number of sulfonamides is 1. The number of ether oxygens (including phenoxy) is 2. The zero-order chi connectivity index (χ0) is 29.9. The molecule has 12 heteroatoms. The zero-order valence-corrected chi connectivity index (χ0v) is 23.6. The van der Waals surface area contributed by atoms with Crippen molar-refractivity contribution in [3.63, 3.8) is 0 Å². The van der Waals surface area contributed by atoms with Crippen molar-refractivity contribution in [2.75, 3.05) is 29.6 Å². The first-order valence-corrected chi connectivity index (χ1v) is 14.1. The minimum atomic E-state index is -4.23. The maximum absolute atomic E-state index is 14.2. The molecule has 3 N–H and O–H groups in total. The Bertz CT molecular complexity index is 1890. The van der Waals surface area contributed by atoms with Crippen LogP contribution in [0, 0.1) is 12.7 Å². The van der Waals surface area contributed by atoms with Crippen molar-refractivity contribution < 1.29 is 27.1 Å². The number of fused-ring (bicyclic) bond motifs is 1. The van der Waals surface area contributed by atoms with Crippen LogP contribution in [0.15, 0.2) is 89.8 Å². The van der Waals surface area contributed by atoms with E-state index in [2.05, 4.69) is 25.3 Å². The number of amides is 1. The van der Waals surface area contributed by atoms with Gasteiger partial charge in [-0.2, -0.15) is 0 Å². The van der Waals surface area contributed by atoms with Gasteiger partial charge in [-0.1, -0.05) is 29.8 Å². The molecule has 0 radical (unpaired) electrons. The molecule has 5 aromatic rings. The summed E-state index contributed by atoms with van der Waals surface area (Å²) in [6, 6.07) is 21.9. The summed E-state index contributed by atoms with van der Waals surface area (Å²) < 4.78 is 54.5. The highest BCUT2D eigenvalue weighted by atomic mass is 32.2. The highest BCUT2D eigenvalue weighted by molar-refractivity contribution is 7.92. The van der Waals surface area contributed by atoms with E-state index in [1.54, 1.807) is 55.5 Å². The van der Waals surface area contributed by atoms with Gasteiger partial charge >= 0.3 is 0 Å². The summed E-state index contributed by atoms with van der Waals surface area (Å²) in [5.41, 5.74) is 2.23. The number of hydrogen-bond donors (Lipinski definition) is 3. The van der Waals surface area contributed by atoms with E-state index in [0.29, 0.717) is 33.8 Å². The molecule has 4 aromatic carbocycles. The molecule has 214 valence electrons. The van der Waals surface area contributed by atoms with E-state index in [1.807, 2.05) is 0 Å². The number of nitrogens with zero attached hydrogens (tertiary/aromatic N) is 2. The first-order chi connectivity index (χ1) is 20.1. The van der Waals surface area contributed by atoms with Gasteiger partial charge in [-0.05, 0) is 49.4 Å². The molecule has 0 aliphatic heterocycles. The number of carbonyl (C=O) groups is 1. The van der Waals surface area contributed by atoms with E-state index in [4.69, 9.17) is 9.47 Å². The van der Waals surface area contributed by atoms with Crippen LogP contribution in [0.2, 0.25) is 0 Å². The molecule has 0 bridgehead atoms. The fourth-order valence-corrected chi connectivity index (χ4v) is 5.17. The maximum Gasteiger partial charge on any atom is 0.263 e. The van der Waals surface area contributed by atoms with Crippen molar-refractivity contribution in [2.24, 2.45) is 0 Å². The van der Waals surface area contributed by atoms with Crippen molar-refractivity contribution in [1.29, 1.82) is 0 Å². The molecule has 1 amide bonds. The Hall–Kier alpha value is -5.23. The number of methoxy groups -OCH3 is 2. The molecule has 0 atom stereocenters. The van der Waals surface area contributed by atoms with Gasteiger partial charge in [0.2, 0.25) is 0 Å². The second-order valence-corrected chi connectivity index (χ2v) is 10.9. The lowest BCUT2D eigenvalue weighted by molar-refractivity contribution is 0.102. The predicted molar refractivity (Wildman–Crippen MR) is 159 cm³/mol. The summed E-state index contributed by atoms with van der Waals surface area (Å²) in [6.07, 6.45) is 0. The highest BCUT2D eigenvalue weighted by Crippen LogP contribution is 2.31. The first kappa shape index (κ1) is 28.3. The highest BCUT2D eigenvalue weighted by Gasteiger charge is 2.21.